The number of alkyl halides is 3. The average Bonchev–Trinajstić information content (AvgIpc) is 2.83. The van der Waals surface area contributed by atoms with Crippen LogP contribution in [-0.2, 0) is 6.18 Å². The highest BCUT2D eigenvalue weighted by Gasteiger charge is 2.31. The van der Waals surface area contributed by atoms with Crippen LogP contribution in [0.5, 0.6) is 0 Å². The van der Waals surface area contributed by atoms with Gasteiger partial charge in [-0.3, -0.25) is 4.90 Å². The van der Waals surface area contributed by atoms with Crippen molar-refractivity contribution in [1.29, 1.82) is 5.26 Å². The Hall–Kier alpha value is -3.94. The summed E-state index contributed by atoms with van der Waals surface area (Å²) in [4.78, 5) is 26.3. The summed E-state index contributed by atoms with van der Waals surface area (Å²) in [5, 5.41) is 17.0. The third-order valence-electron chi connectivity index (χ3n) is 4.77. The zero-order chi connectivity index (χ0) is 26.3. The summed E-state index contributed by atoms with van der Waals surface area (Å²) in [7, 11) is 0. The van der Waals surface area contributed by atoms with Crippen LogP contribution >= 0.6 is 23.2 Å². The van der Waals surface area contributed by atoms with Crippen LogP contribution in [0.4, 0.5) is 39.8 Å². The Morgan fingerprint density at radius 3 is 2.33 bits per heavy atom. The van der Waals surface area contributed by atoms with E-state index in [9.17, 15) is 22.8 Å². The van der Waals surface area contributed by atoms with Gasteiger partial charge in [0.1, 0.15) is 0 Å². The van der Waals surface area contributed by atoms with Crippen molar-refractivity contribution in [1.82, 2.24) is 5.32 Å². The number of rotatable bonds is 6. The molecule has 0 aromatic heterocycles. The number of nitrogens with one attached hydrogen (secondary N) is 3. The first-order valence-corrected chi connectivity index (χ1v) is 11.1. The van der Waals surface area contributed by atoms with Gasteiger partial charge in [0.25, 0.3) is 0 Å². The van der Waals surface area contributed by atoms with Crippen molar-refractivity contribution in [3.8, 4) is 6.07 Å². The Morgan fingerprint density at radius 2 is 1.64 bits per heavy atom. The summed E-state index contributed by atoms with van der Waals surface area (Å²) >= 11 is 11.9. The molecule has 0 saturated heterocycles. The van der Waals surface area contributed by atoms with E-state index < -0.39 is 23.8 Å². The predicted molar refractivity (Wildman–Crippen MR) is 132 cm³/mol. The van der Waals surface area contributed by atoms with E-state index in [0.717, 1.165) is 17.0 Å². The first kappa shape index (κ1) is 26.7. The maximum Gasteiger partial charge on any atom is 0.416 e. The number of urea groups is 2. The van der Waals surface area contributed by atoms with E-state index in [1.165, 1.54) is 36.4 Å². The maximum atomic E-state index is 13.2. The third kappa shape index (κ3) is 7.28. The Balaban J connectivity index is 1.74. The van der Waals surface area contributed by atoms with Crippen LogP contribution in [0.2, 0.25) is 10.0 Å². The van der Waals surface area contributed by atoms with Gasteiger partial charge in [-0.05, 0) is 54.6 Å². The average molecular weight is 536 g/mol. The SMILES string of the molecule is N#Cc1cccc(NC(=O)NCCN(C(=O)Nc2ccc(Cl)c(Cl)c2)c2cccc(C(F)(F)F)c2)c1. The lowest BCUT2D eigenvalue weighted by Crippen LogP contribution is -2.42. The molecule has 0 aliphatic carbocycles. The molecule has 4 amide bonds. The van der Waals surface area contributed by atoms with E-state index in [4.69, 9.17) is 28.5 Å². The molecule has 3 aromatic carbocycles. The van der Waals surface area contributed by atoms with Crippen LogP contribution in [-0.4, -0.2) is 25.2 Å². The number of hydrogen-bond donors (Lipinski definition) is 3. The van der Waals surface area contributed by atoms with Gasteiger partial charge >= 0.3 is 18.2 Å². The minimum absolute atomic E-state index is 0.0358. The van der Waals surface area contributed by atoms with Crippen molar-refractivity contribution < 1.29 is 22.8 Å². The van der Waals surface area contributed by atoms with E-state index in [0.29, 0.717) is 11.3 Å². The number of anilines is 3. The molecular weight excluding hydrogens is 518 g/mol. The van der Waals surface area contributed by atoms with Crippen LogP contribution in [0.1, 0.15) is 11.1 Å². The smallest absolute Gasteiger partial charge is 0.336 e. The van der Waals surface area contributed by atoms with Gasteiger partial charge in [0.15, 0.2) is 0 Å². The number of nitrogens with zero attached hydrogens (tertiary/aromatic N) is 2. The lowest BCUT2D eigenvalue weighted by molar-refractivity contribution is -0.137. The molecule has 0 unspecified atom stereocenters. The second kappa shape index (κ2) is 11.7. The van der Waals surface area contributed by atoms with Gasteiger partial charge in [0, 0.05) is 30.2 Å². The van der Waals surface area contributed by atoms with Crippen molar-refractivity contribution in [2.45, 2.75) is 6.18 Å². The van der Waals surface area contributed by atoms with Crippen LogP contribution in [0.25, 0.3) is 0 Å². The molecule has 0 atom stereocenters. The van der Waals surface area contributed by atoms with Gasteiger partial charge in [-0.15, -0.1) is 0 Å². The molecule has 12 heteroatoms. The van der Waals surface area contributed by atoms with Gasteiger partial charge < -0.3 is 16.0 Å². The minimum atomic E-state index is -4.61. The fourth-order valence-electron chi connectivity index (χ4n) is 3.09. The second-order valence-corrected chi connectivity index (χ2v) is 8.15. The molecule has 0 bridgehead atoms. The molecule has 0 aliphatic rings. The molecule has 36 heavy (non-hydrogen) atoms. The molecule has 0 heterocycles. The lowest BCUT2D eigenvalue weighted by atomic mass is 10.2. The number of amides is 4. The van der Waals surface area contributed by atoms with E-state index in [2.05, 4.69) is 16.0 Å². The van der Waals surface area contributed by atoms with Crippen molar-refractivity contribution >= 4 is 52.3 Å². The summed E-state index contributed by atoms with van der Waals surface area (Å²) in [5.41, 5.74) is 0.0253. The number of nitriles is 1. The van der Waals surface area contributed by atoms with E-state index >= 15 is 0 Å². The van der Waals surface area contributed by atoms with Crippen LogP contribution in [0.3, 0.4) is 0 Å². The topological polar surface area (TPSA) is 97.3 Å². The Kier molecular flexibility index (Phi) is 8.64. The number of carbonyl (C=O) groups is 2. The number of carbonyl (C=O) groups excluding carboxylic acids is 2. The van der Waals surface area contributed by atoms with Crippen molar-refractivity contribution in [2.24, 2.45) is 0 Å². The first-order chi connectivity index (χ1) is 17.1. The van der Waals surface area contributed by atoms with Gasteiger partial charge in [0.2, 0.25) is 0 Å². The van der Waals surface area contributed by atoms with Crippen molar-refractivity contribution in [3.05, 3.63) is 87.9 Å². The molecule has 186 valence electrons. The minimum Gasteiger partial charge on any atom is -0.336 e. The fraction of sp³-hybridized carbons (Fsp3) is 0.125. The van der Waals surface area contributed by atoms with Gasteiger partial charge in [-0.2, -0.15) is 18.4 Å². The van der Waals surface area contributed by atoms with Crippen molar-refractivity contribution in [3.63, 3.8) is 0 Å². The molecule has 7 nitrogen and oxygen atoms in total. The molecule has 3 aromatic rings. The van der Waals surface area contributed by atoms with Crippen molar-refractivity contribution in [2.75, 3.05) is 28.6 Å². The monoisotopic (exact) mass is 535 g/mol. The predicted octanol–water partition coefficient (Wildman–Crippen LogP) is 6.74. The van der Waals surface area contributed by atoms with Crippen LogP contribution in [0.15, 0.2) is 66.7 Å². The second-order valence-electron chi connectivity index (χ2n) is 7.33. The normalized spacial score (nSPS) is 10.8. The Bertz CT molecular complexity index is 1310. The lowest BCUT2D eigenvalue weighted by Gasteiger charge is -2.24. The highest BCUT2D eigenvalue weighted by Crippen LogP contribution is 2.32. The number of benzene rings is 3. The van der Waals surface area contributed by atoms with Crippen LogP contribution in [0, 0.1) is 11.3 Å². The molecule has 0 fully saturated rings. The molecule has 0 spiro atoms. The van der Waals surface area contributed by atoms with Gasteiger partial charge in [-0.1, -0.05) is 35.3 Å². The standard InChI is InChI=1S/C24H18Cl2F3N5O2/c25-20-8-7-18(13-21(20)26)33-23(36)34(19-6-2-4-16(12-19)24(27,28)29)10-9-31-22(35)32-17-5-1-3-15(11-17)14-30/h1-8,11-13H,9-10H2,(H,33,36)(H2,31,32,35). The highest BCUT2D eigenvalue weighted by atomic mass is 35.5. The summed E-state index contributed by atoms with van der Waals surface area (Å²) in [6, 6.07) is 15.4. The number of halogens is 5. The third-order valence-corrected chi connectivity index (χ3v) is 5.51. The molecule has 0 saturated carbocycles. The number of hydrogen-bond acceptors (Lipinski definition) is 3. The van der Waals surface area contributed by atoms with E-state index in [1.807, 2.05) is 6.07 Å². The first-order valence-electron chi connectivity index (χ1n) is 10.3. The molecule has 3 N–H and O–H groups in total. The Labute approximate surface area is 214 Å². The van der Waals surface area contributed by atoms with Gasteiger partial charge in [0.05, 0.1) is 27.2 Å². The summed E-state index contributed by atoms with van der Waals surface area (Å²) in [6.07, 6.45) is -4.61. The molecular formula is C24H18Cl2F3N5O2. The largest absolute Gasteiger partial charge is 0.416 e. The van der Waals surface area contributed by atoms with E-state index in [1.54, 1.807) is 18.2 Å². The summed E-state index contributed by atoms with van der Waals surface area (Å²) in [5.74, 6) is 0. The zero-order valence-electron chi connectivity index (χ0n) is 18.4. The molecule has 0 aliphatic heterocycles. The molecule has 3 rings (SSSR count). The summed E-state index contributed by atoms with van der Waals surface area (Å²) < 4.78 is 39.7. The maximum absolute atomic E-state index is 13.2. The molecule has 0 radical (unpaired) electrons. The zero-order valence-corrected chi connectivity index (χ0v) is 19.9. The Morgan fingerprint density at radius 1 is 0.917 bits per heavy atom. The fourth-order valence-corrected chi connectivity index (χ4v) is 3.38. The summed E-state index contributed by atoms with van der Waals surface area (Å²) in [6.45, 7) is -0.269. The van der Waals surface area contributed by atoms with E-state index in [-0.39, 0.29) is 34.5 Å². The van der Waals surface area contributed by atoms with Crippen LogP contribution < -0.4 is 20.9 Å². The van der Waals surface area contributed by atoms with Gasteiger partial charge in [-0.25, -0.2) is 9.59 Å². The quantitative estimate of drug-likeness (QED) is 0.325. The highest BCUT2D eigenvalue weighted by molar-refractivity contribution is 6.42.